The Morgan fingerprint density at radius 1 is 1.58 bits per heavy atom. The summed E-state index contributed by atoms with van der Waals surface area (Å²) in [5.74, 6) is -0.352. The van der Waals surface area contributed by atoms with Crippen molar-refractivity contribution >= 4 is 11.6 Å². The zero-order chi connectivity index (χ0) is 13.2. The van der Waals surface area contributed by atoms with Crippen molar-refractivity contribution < 1.29 is 9.53 Å². The molecule has 3 rings (SSSR count). The smallest absolute Gasteiger partial charge is 0.341 e. The predicted octanol–water partition coefficient (Wildman–Crippen LogP) is 1.76. The fourth-order valence-corrected chi connectivity index (χ4v) is 2.32. The number of esters is 1. The van der Waals surface area contributed by atoms with E-state index in [0.717, 1.165) is 12.2 Å². The Kier molecular flexibility index (Phi) is 3.21. The number of rotatable bonds is 4. The molecule has 100 valence electrons. The zero-order valence-electron chi connectivity index (χ0n) is 10.9. The third kappa shape index (κ3) is 2.21. The van der Waals surface area contributed by atoms with Crippen LogP contribution in [0, 0.1) is 0 Å². The molecule has 1 N–H and O–H groups in total. The van der Waals surface area contributed by atoms with Gasteiger partial charge in [-0.3, -0.25) is 0 Å². The molecule has 2 aromatic rings. The second kappa shape index (κ2) is 5.01. The van der Waals surface area contributed by atoms with E-state index in [1.807, 2.05) is 22.9 Å². The van der Waals surface area contributed by atoms with Gasteiger partial charge in [-0.1, -0.05) is 6.42 Å². The van der Waals surface area contributed by atoms with Crippen molar-refractivity contribution in [3.63, 3.8) is 0 Å². The molecule has 0 aromatic carbocycles. The highest BCUT2D eigenvalue weighted by molar-refractivity contribution is 5.95. The van der Waals surface area contributed by atoms with Crippen LogP contribution in [0.2, 0.25) is 0 Å². The summed E-state index contributed by atoms with van der Waals surface area (Å²) in [4.78, 5) is 16.0. The van der Waals surface area contributed by atoms with E-state index in [-0.39, 0.29) is 5.97 Å². The molecule has 19 heavy (non-hydrogen) atoms. The van der Waals surface area contributed by atoms with E-state index in [1.54, 1.807) is 6.07 Å². The summed E-state index contributed by atoms with van der Waals surface area (Å²) in [6, 6.07) is 4.21. The standard InChI is InChI=1S/C14H17N3O2/c1-19-14(18)12-6-3-7-17-11(9-16-13(12)17)8-15-10-4-2-5-10/h3,6-7,9-10,15H,2,4-5,8H2,1H3. The molecule has 1 aliphatic rings. The fourth-order valence-electron chi connectivity index (χ4n) is 2.32. The first kappa shape index (κ1) is 12.2. The van der Waals surface area contributed by atoms with Gasteiger partial charge in [0.25, 0.3) is 0 Å². The lowest BCUT2D eigenvalue weighted by molar-refractivity contribution is 0.0602. The number of pyridine rings is 1. The Morgan fingerprint density at radius 3 is 3.11 bits per heavy atom. The number of ether oxygens (including phenoxy) is 1. The van der Waals surface area contributed by atoms with Crippen molar-refractivity contribution in [1.82, 2.24) is 14.7 Å². The van der Waals surface area contributed by atoms with E-state index in [1.165, 1.54) is 26.4 Å². The topological polar surface area (TPSA) is 55.6 Å². The molecular formula is C14H17N3O2. The number of methoxy groups -OCH3 is 1. The summed E-state index contributed by atoms with van der Waals surface area (Å²) in [6.45, 7) is 0.774. The molecule has 5 heteroatoms. The van der Waals surface area contributed by atoms with Gasteiger partial charge in [0.2, 0.25) is 0 Å². The summed E-state index contributed by atoms with van der Waals surface area (Å²) in [6.07, 6.45) is 7.56. The van der Waals surface area contributed by atoms with Crippen molar-refractivity contribution in [3.05, 3.63) is 35.8 Å². The molecule has 0 radical (unpaired) electrons. The van der Waals surface area contributed by atoms with Crippen LogP contribution < -0.4 is 5.32 Å². The lowest BCUT2D eigenvalue weighted by atomic mass is 9.93. The lowest BCUT2D eigenvalue weighted by Gasteiger charge is -2.26. The summed E-state index contributed by atoms with van der Waals surface area (Å²) in [7, 11) is 1.38. The average molecular weight is 259 g/mol. The largest absolute Gasteiger partial charge is 0.465 e. The SMILES string of the molecule is COC(=O)c1cccn2c(CNC3CCC3)cnc12. The maximum absolute atomic E-state index is 11.7. The van der Waals surface area contributed by atoms with Crippen LogP contribution in [0.3, 0.4) is 0 Å². The molecule has 0 saturated heterocycles. The Labute approximate surface area is 111 Å². The maximum atomic E-state index is 11.7. The maximum Gasteiger partial charge on any atom is 0.341 e. The number of hydrogen-bond acceptors (Lipinski definition) is 4. The van der Waals surface area contributed by atoms with Gasteiger partial charge in [-0.2, -0.15) is 0 Å². The highest BCUT2D eigenvalue weighted by Crippen LogP contribution is 2.19. The molecule has 0 spiro atoms. The molecule has 2 aromatic heterocycles. The highest BCUT2D eigenvalue weighted by Gasteiger charge is 2.18. The quantitative estimate of drug-likeness (QED) is 0.850. The number of carbonyl (C=O) groups excluding carboxylic acids is 1. The minimum absolute atomic E-state index is 0.352. The van der Waals surface area contributed by atoms with E-state index < -0.39 is 0 Å². The van der Waals surface area contributed by atoms with Crippen LogP contribution in [0.1, 0.15) is 35.3 Å². The average Bonchev–Trinajstić information content (AvgIpc) is 2.79. The van der Waals surface area contributed by atoms with Crippen molar-refractivity contribution in [2.45, 2.75) is 31.8 Å². The fraction of sp³-hybridized carbons (Fsp3) is 0.429. The monoisotopic (exact) mass is 259 g/mol. The van der Waals surface area contributed by atoms with Gasteiger partial charge in [-0.25, -0.2) is 9.78 Å². The van der Waals surface area contributed by atoms with Gasteiger partial charge in [0.1, 0.15) is 5.56 Å². The van der Waals surface area contributed by atoms with Gasteiger partial charge < -0.3 is 14.5 Å². The first-order valence-electron chi connectivity index (χ1n) is 6.56. The Morgan fingerprint density at radius 2 is 2.42 bits per heavy atom. The molecule has 0 amide bonds. The van der Waals surface area contributed by atoms with Crippen LogP contribution in [-0.2, 0) is 11.3 Å². The van der Waals surface area contributed by atoms with Gasteiger partial charge >= 0.3 is 5.97 Å². The minimum Gasteiger partial charge on any atom is -0.465 e. The zero-order valence-corrected chi connectivity index (χ0v) is 10.9. The van der Waals surface area contributed by atoms with Crippen LogP contribution in [0.5, 0.6) is 0 Å². The Hall–Kier alpha value is -1.88. The van der Waals surface area contributed by atoms with E-state index >= 15 is 0 Å². The van der Waals surface area contributed by atoms with Crippen molar-refractivity contribution in [1.29, 1.82) is 0 Å². The van der Waals surface area contributed by atoms with E-state index in [2.05, 4.69) is 10.3 Å². The molecular weight excluding hydrogens is 242 g/mol. The number of carbonyl (C=O) groups is 1. The molecule has 2 heterocycles. The normalized spacial score (nSPS) is 15.4. The Bertz CT molecular complexity index is 602. The number of nitrogens with one attached hydrogen (secondary N) is 1. The van der Waals surface area contributed by atoms with Gasteiger partial charge in [-0.05, 0) is 25.0 Å². The lowest BCUT2D eigenvalue weighted by Crippen LogP contribution is -2.34. The number of aromatic nitrogens is 2. The van der Waals surface area contributed by atoms with Crippen LogP contribution in [0.4, 0.5) is 0 Å². The molecule has 1 aliphatic carbocycles. The van der Waals surface area contributed by atoms with Crippen molar-refractivity contribution in [2.75, 3.05) is 7.11 Å². The number of fused-ring (bicyclic) bond motifs is 1. The van der Waals surface area contributed by atoms with Gasteiger partial charge in [0, 0.05) is 18.8 Å². The predicted molar refractivity (Wildman–Crippen MR) is 71.0 cm³/mol. The van der Waals surface area contributed by atoms with Crippen LogP contribution in [-0.4, -0.2) is 28.5 Å². The number of hydrogen-bond donors (Lipinski definition) is 1. The molecule has 1 fully saturated rings. The van der Waals surface area contributed by atoms with Crippen molar-refractivity contribution in [3.8, 4) is 0 Å². The number of nitrogens with zero attached hydrogens (tertiary/aromatic N) is 2. The summed E-state index contributed by atoms with van der Waals surface area (Å²) in [5.41, 5.74) is 2.22. The van der Waals surface area contributed by atoms with E-state index in [0.29, 0.717) is 17.3 Å². The molecule has 5 nitrogen and oxygen atoms in total. The van der Waals surface area contributed by atoms with E-state index in [9.17, 15) is 4.79 Å². The van der Waals surface area contributed by atoms with Crippen LogP contribution in [0.25, 0.3) is 5.65 Å². The first-order valence-corrected chi connectivity index (χ1v) is 6.56. The first-order chi connectivity index (χ1) is 9.29. The van der Waals surface area contributed by atoms with Crippen molar-refractivity contribution in [2.24, 2.45) is 0 Å². The van der Waals surface area contributed by atoms with Gasteiger partial charge in [-0.15, -0.1) is 0 Å². The van der Waals surface area contributed by atoms with E-state index in [4.69, 9.17) is 4.74 Å². The molecule has 0 atom stereocenters. The van der Waals surface area contributed by atoms with Crippen LogP contribution in [0.15, 0.2) is 24.5 Å². The molecule has 0 unspecified atom stereocenters. The second-order valence-corrected chi connectivity index (χ2v) is 4.87. The van der Waals surface area contributed by atoms with Gasteiger partial charge in [0.15, 0.2) is 5.65 Å². The van der Waals surface area contributed by atoms with Crippen LogP contribution >= 0.6 is 0 Å². The summed E-state index contributed by atoms with van der Waals surface area (Å²) >= 11 is 0. The molecule has 0 aliphatic heterocycles. The molecule has 0 bridgehead atoms. The summed E-state index contributed by atoms with van der Waals surface area (Å²) in [5, 5.41) is 3.50. The molecule has 1 saturated carbocycles. The second-order valence-electron chi connectivity index (χ2n) is 4.87. The Balaban J connectivity index is 1.87. The van der Waals surface area contributed by atoms with Gasteiger partial charge in [0.05, 0.1) is 19.0 Å². The minimum atomic E-state index is -0.352. The number of imidazole rings is 1. The third-order valence-electron chi connectivity index (χ3n) is 3.69. The highest BCUT2D eigenvalue weighted by atomic mass is 16.5. The third-order valence-corrected chi connectivity index (χ3v) is 3.69. The summed E-state index contributed by atoms with van der Waals surface area (Å²) < 4.78 is 6.71.